The van der Waals surface area contributed by atoms with Crippen LogP contribution in [0.5, 0.6) is 0 Å². The van der Waals surface area contributed by atoms with Crippen molar-refractivity contribution < 1.29 is 9.53 Å². The standard InChI is InChI=1S/C22H35N5O2/c1-17(2)29-8-7-25-3-5-26(6-4-25)20(28)21-10-18-9-19(11-21)13-22(12-18,14-21)27-16-23-15-24-27/h15-19H,3-14H2,1-2H3/t18-,19+,21?,22?. The molecule has 0 radical (unpaired) electrons. The molecule has 4 bridgehead atoms. The van der Waals surface area contributed by atoms with Gasteiger partial charge in [-0.1, -0.05) is 0 Å². The van der Waals surface area contributed by atoms with Crippen LogP contribution in [0.2, 0.25) is 0 Å². The molecule has 29 heavy (non-hydrogen) atoms. The third kappa shape index (κ3) is 3.50. The largest absolute Gasteiger partial charge is 0.377 e. The van der Waals surface area contributed by atoms with E-state index in [9.17, 15) is 4.79 Å². The summed E-state index contributed by atoms with van der Waals surface area (Å²) in [5.74, 6) is 1.76. The molecule has 6 rings (SSSR count). The molecule has 160 valence electrons. The molecule has 0 N–H and O–H groups in total. The normalized spacial score (nSPS) is 36.9. The van der Waals surface area contributed by atoms with Crippen molar-refractivity contribution in [2.75, 3.05) is 39.3 Å². The van der Waals surface area contributed by atoms with Gasteiger partial charge in [-0.05, 0) is 64.2 Å². The summed E-state index contributed by atoms with van der Waals surface area (Å²) in [4.78, 5) is 22.6. The van der Waals surface area contributed by atoms with Crippen LogP contribution in [0.3, 0.4) is 0 Å². The summed E-state index contributed by atoms with van der Waals surface area (Å²) in [7, 11) is 0. The summed E-state index contributed by atoms with van der Waals surface area (Å²) in [6.45, 7) is 9.53. The molecule has 0 spiro atoms. The lowest BCUT2D eigenvalue weighted by Crippen LogP contribution is -2.63. The molecule has 7 nitrogen and oxygen atoms in total. The van der Waals surface area contributed by atoms with E-state index in [-0.39, 0.29) is 17.1 Å². The van der Waals surface area contributed by atoms with E-state index < -0.39 is 0 Å². The molecule has 1 aromatic heterocycles. The Morgan fingerprint density at radius 1 is 1.14 bits per heavy atom. The topological polar surface area (TPSA) is 63.5 Å². The number of amides is 1. The zero-order valence-electron chi connectivity index (χ0n) is 17.9. The van der Waals surface area contributed by atoms with Crippen molar-refractivity contribution in [3.8, 4) is 0 Å². The van der Waals surface area contributed by atoms with Crippen molar-refractivity contribution in [2.45, 2.75) is 64.0 Å². The Morgan fingerprint density at radius 3 is 2.48 bits per heavy atom. The van der Waals surface area contributed by atoms with Crippen LogP contribution < -0.4 is 0 Å². The van der Waals surface area contributed by atoms with E-state index in [4.69, 9.17) is 4.74 Å². The Bertz CT molecular complexity index is 712. The van der Waals surface area contributed by atoms with Crippen LogP contribution in [0.25, 0.3) is 0 Å². The van der Waals surface area contributed by atoms with Crippen LogP contribution in [0.1, 0.15) is 52.4 Å². The molecular weight excluding hydrogens is 366 g/mol. The molecule has 4 atom stereocenters. The molecule has 4 aliphatic carbocycles. The van der Waals surface area contributed by atoms with E-state index in [1.54, 1.807) is 6.33 Å². The Balaban J connectivity index is 1.26. The molecule has 7 heteroatoms. The fourth-order valence-corrected chi connectivity index (χ4v) is 7.11. The summed E-state index contributed by atoms with van der Waals surface area (Å²) in [5.41, 5.74) is -0.148. The number of nitrogens with zero attached hydrogens (tertiary/aromatic N) is 5. The third-order valence-corrected chi connectivity index (χ3v) is 7.91. The molecule has 5 fully saturated rings. The second kappa shape index (κ2) is 7.34. The van der Waals surface area contributed by atoms with Crippen LogP contribution in [0.4, 0.5) is 0 Å². The van der Waals surface area contributed by atoms with E-state index in [2.05, 4.69) is 38.4 Å². The van der Waals surface area contributed by atoms with Crippen molar-refractivity contribution in [3.63, 3.8) is 0 Å². The van der Waals surface area contributed by atoms with Gasteiger partial charge < -0.3 is 9.64 Å². The predicted molar refractivity (Wildman–Crippen MR) is 109 cm³/mol. The fourth-order valence-electron chi connectivity index (χ4n) is 7.11. The molecule has 4 saturated carbocycles. The summed E-state index contributed by atoms with van der Waals surface area (Å²) in [6.07, 6.45) is 10.6. The van der Waals surface area contributed by atoms with Crippen molar-refractivity contribution in [3.05, 3.63) is 12.7 Å². The first kappa shape index (κ1) is 19.5. The minimum atomic E-state index is -0.168. The van der Waals surface area contributed by atoms with Crippen molar-refractivity contribution in [1.29, 1.82) is 0 Å². The maximum absolute atomic E-state index is 13.8. The number of rotatable bonds is 6. The average Bonchev–Trinajstić information content (AvgIpc) is 3.22. The average molecular weight is 402 g/mol. The number of carbonyl (C=O) groups excluding carboxylic acids is 1. The maximum Gasteiger partial charge on any atom is 0.228 e. The smallest absolute Gasteiger partial charge is 0.228 e. The third-order valence-electron chi connectivity index (χ3n) is 7.91. The minimum absolute atomic E-state index is 0.0201. The van der Waals surface area contributed by atoms with Crippen molar-refractivity contribution in [1.82, 2.24) is 24.6 Å². The van der Waals surface area contributed by atoms with Gasteiger partial charge in [-0.15, -0.1) is 0 Å². The van der Waals surface area contributed by atoms with E-state index in [1.807, 2.05) is 6.33 Å². The highest BCUT2D eigenvalue weighted by Gasteiger charge is 2.62. The number of ether oxygens (including phenoxy) is 1. The zero-order chi connectivity index (χ0) is 20.1. The molecule has 1 amide bonds. The van der Waals surface area contributed by atoms with Gasteiger partial charge in [0.15, 0.2) is 0 Å². The second-order valence-electron chi connectivity index (χ2n) is 10.4. The van der Waals surface area contributed by atoms with Crippen molar-refractivity contribution >= 4 is 5.91 Å². The lowest BCUT2D eigenvalue weighted by molar-refractivity contribution is -0.168. The van der Waals surface area contributed by atoms with Crippen LogP contribution in [-0.4, -0.2) is 75.9 Å². The molecule has 1 aliphatic heterocycles. The Morgan fingerprint density at radius 2 is 1.86 bits per heavy atom. The molecule has 2 heterocycles. The van der Waals surface area contributed by atoms with Gasteiger partial charge in [-0.2, -0.15) is 5.10 Å². The van der Waals surface area contributed by atoms with Gasteiger partial charge in [0.2, 0.25) is 5.91 Å². The first-order valence-electron chi connectivity index (χ1n) is 11.5. The summed E-state index contributed by atoms with van der Waals surface area (Å²) >= 11 is 0. The van der Waals surface area contributed by atoms with Gasteiger partial charge >= 0.3 is 0 Å². The quantitative estimate of drug-likeness (QED) is 0.731. The van der Waals surface area contributed by atoms with Crippen LogP contribution in [0, 0.1) is 17.3 Å². The molecule has 5 aliphatic rings. The highest BCUT2D eigenvalue weighted by atomic mass is 16.5. The maximum atomic E-state index is 13.8. The Kier molecular flexibility index (Phi) is 4.93. The number of aromatic nitrogens is 3. The number of carbonyl (C=O) groups is 1. The van der Waals surface area contributed by atoms with Gasteiger partial charge in [0, 0.05) is 32.7 Å². The van der Waals surface area contributed by atoms with Gasteiger partial charge in [-0.3, -0.25) is 9.69 Å². The van der Waals surface area contributed by atoms with Gasteiger partial charge in [0.25, 0.3) is 0 Å². The highest BCUT2D eigenvalue weighted by Crippen LogP contribution is 2.64. The molecule has 2 unspecified atom stereocenters. The summed E-state index contributed by atoms with van der Waals surface area (Å²) in [6, 6.07) is 0. The van der Waals surface area contributed by atoms with Gasteiger partial charge in [0.1, 0.15) is 12.7 Å². The van der Waals surface area contributed by atoms with Crippen LogP contribution in [0.15, 0.2) is 12.7 Å². The Hall–Kier alpha value is -1.47. The lowest BCUT2D eigenvalue weighted by Gasteiger charge is -2.61. The van der Waals surface area contributed by atoms with Gasteiger partial charge in [-0.25, -0.2) is 9.67 Å². The first-order valence-corrected chi connectivity index (χ1v) is 11.5. The lowest BCUT2D eigenvalue weighted by atomic mass is 9.46. The van der Waals surface area contributed by atoms with E-state index in [1.165, 1.54) is 19.3 Å². The highest BCUT2D eigenvalue weighted by molar-refractivity contribution is 5.83. The van der Waals surface area contributed by atoms with E-state index >= 15 is 0 Å². The number of hydrogen-bond acceptors (Lipinski definition) is 5. The number of hydrogen-bond donors (Lipinski definition) is 0. The van der Waals surface area contributed by atoms with Crippen LogP contribution in [-0.2, 0) is 15.1 Å². The Labute approximate surface area is 173 Å². The van der Waals surface area contributed by atoms with E-state index in [0.29, 0.717) is 17.7 Å². The molecular formula is C22H35N5O2. The molecule has 1 aromatic rings. The number of piperazine rings is 1. The van der Waals surface area contributed by atoms with Gasteiger partial charge in [0.05, 0.1) is 23.7 Å². The summed E-state index contributed by atoms with van der Waals surface area (Å²) in [5, 5.41) is 4.52. The fraction of sp³-hybridized carbons (Fsp3) is 0.864. The minimum Gasteiger partial charge on any atom is -0.377 e. The first-order chi connectivity index (χ1) is 14.0. The molecule has 0 aromatic carbocycles. The second-order valence-corrected chi connectivity index (χ2v) is 10.4. The predicted octanol–water partition coefficient (Wildman–Crippen LogP) is 2.14. The summed E-state index contributed by atoms with van der Waals surface area (Å²) < 4.78 is 7.79. The van der Waals surface area contributed by atoms with Crippen LogP contribution >= 0.6 is 0 Å². The van der Waals surface area contributed by atoms with Crippen molar-refractivity contribution in [2.24, 2.45) is 17.3 Å². The van der Waals surface area contributed by atoms with E-state index in [0.717, 1.165) is 58.6 Å². The SMILES string of the molecule is CC(C)OCCN1CCN(C(=O)C23C[C@H]4C[C@@H](C2)CC(n2cncn2)(C4)C3)CC1. The monoisotopic (exact) mass is 401 g/mol. The zero-order valence-corrected chi connectivity index (χ0v) is 17.9. The molecule has 1 saturated heterocycles.